The number of hydrogen-bond donors (Lipinski definition) is 2. The van der Waals surface area contributed by atoms with Gasteiger partial charge < -0.3 is 10.1 Å². The van der Waals surface area contributed by atoms with E-state index in [9.17, 15) is 9.59 Å². The van der Waals surface area contributed by atoms with Crippen LogP contribution in [0.4, 0.5) is 10.8 Å². The third kappa shape index (κ3) is 5.16. The standard InChI is InChI=1S/C19H22N6O3S2/c1-10-6-11(2)15(12(3)7-10)20-14(26)9-29-19-23-22-18(30-19)21-16(27)13-8-25(4)24-17(13)28-5/h6-8H,9H2,1-5H3,(H,20,26)(H,21,22,27). The number of thioether (sulfide) groups is 1. The molecule has 0 aliphatic rings. The van der Waals surface area contributed by atoms with Crippen LogP contribution in [0.1, 0.15) is 27.0 Å². The summed E-state index contributed by atoms with van der Waals surface area (Å²) in [5, 5.41) is 18.0. The normalized spacial score (nSPS) is 10.7. The monoisotopic (exact) mass is 446 g/mol. The summed E-state index contributed by atoms with van der Waals surface area (Å²) in [6.45, 7) is 5.97. The number of carbonyl (C=O) groups excluding carboxylic acids is 2. The number of amides is 2. The molecule has 0 bridgehead atoms. The number of nitrogens with one attached hydrogen (secondary N) is 2. The SMILES string of the molecule is COc1nn(C)cc1C(=O)Nc1nnc(SCC(=O)Nc2c(C)cc(C)cc2C)s1. The van der Waals surface area contributed by atoms with Crippen molar-refractivity contribution >= 4 is 45.7 Å². The topological polar surface area (TPSA) is 111 Å². The highest BCUT2D eigenvalue weighted by molar-refractivity contribution is 8.01. The molecule has 3 aromatic rings. The number of nitrogens with zero attached hydrogens (tertiary/aromatic N) is 4. The summed E-state index contributed by atoms with van der Waals surface area (Å²) in [7, 11) is 3.15. The van der Waals surface area contributed by atoms with Crippen molar-refractivity contribution in [2.24, 2.45) is 7.05 Å². The van der Waals surface area contributed by atoms with Gasteiger partial charge in [0.15, 0.2) is 4.34 Å². The molecule has 0 fully saturated rings. The van der Waals surface area contributed by atoms with Gasteiger partial charge in [-0.2, -0.15) is 0 Å². The van der Waals surface area contributed by atoms with Gasteiger partial charge in [-0.15, -0.1) is 15.3 Å². The molecule has 0 radical (unpaired) electrons. The lowest BCUT2D eigenvalue weighted by Crippen LogP contribution is -2.15. The zero-order chi connectivity index (χ0) is 21.8. The summed E-state index contributed by atoms with van der Waals surface area (Å²) < 4.78 is 7.16. The molecule has 2 aromatic heterocycles. The summed E-state index contributed by atoms with van der Waals surface area (Å²) in [6, 6.07) is 4.07. The Labute approximate surface area is 182 Å². The van der Waals surface area contributed by atoms with E-state index in [2.05, 4.69) is 25.9 Å². The van der Waals surface area contributed by atoms with E-state index in [0.717, 1.165) is 22.4 Å². The molecule has 0 saturated carbocycles. The van der Waals surface area contributed by atoms with E-state index in [-0.39, 0.29) is 17.5 Å². The molecule has 2 N–H and O–H groups in total. The maximum atomic E-state index is 12.4. The Bertz CT molecular complexity index is 1070. The smallest absolute Gasteiger partial charge is 0.264 e. The lowest BCUT2D eigenvalue weighted by atomic mass is 10.1. The van der Waals surface area contributed by atoms with Crippen molar-refractivity contribution in [3.8, 4) is 5.88 Å². The third-order valence-electron chi connectivity index (χ3n) is 4.13. The second-order valence-corrected chi connectivity index (χ2v) is 8.86. The summed E-state index contributed by atoms with van der Waals surface area (Å²) in [5.74, 6) is -0.106. The molecule has 3 rings (SSSR count). The van der Waals surface area contributed by atoms with E-state index in [1.54, 1.807) is 13.2 Å². The molecule has 158 valence electrons. The molecule has 0 aliphatic heterocycles. The Kier molecular flexibility index (Phi) is 6.73. The lowest BCUT2D eigenvalue weighted by Gasteiger charge is -2.12. The van der Waals surface area contributed by atoms with E-state index < -0.39 is 5.91 Å². The van der Waals surface area contributed by atoms with Crippen LogP contribution in [0.25, 0.3) is 0 Å². The highest BCUT2D eigenvalue weighted by Crippen LogP contribution is 2.27. The van der Waals surface area contributed by atoms with Gasteiger partial charge in [-0.25, -0.2) is 0 Å². The van der Waals surface area contributed by atoms with Crippen LogP contribution in [-0.2, 0) is 11.8 Å². The second kappa shape index (κ2) is 9.26. The zero-order valence-electron chi connectivity index (χ0n) is 17.3. The van der Waals surface area contributed by atoms with Crippen LogP contribution in [0.2, 0.25) is 0 Å². The van der Waals surface area contributed by atoms with E-state index in [0.29, 0.717) is 15.0 Å². The molecular weight excluding hydrogens is 424 g/mol. The molecule has 0 saturated heterocycles. The van der Waals surface area contributed by atoms with Crippen LogP contribution in [0, 0.1) is 20.8 Å². The number of aromatic nitrogens is 4. The number of aryl methyl sites for hydroxylation is 4. The first-order valence-electron chi connectivity index (χ1n) is 8.99. The van der Waals surface area contributed by atoms with E-state index in [1.165, 1.54) is 34.9 Å². The molecule has 9 nitrogen and oxygen atoms in total. The number of ether oxygens (including phenoxy) is 1. The molecule has 0 aliphatic carbocycles. The first kappa shape index (κ1) is 21.8. The second-order valence-electron chi connectivity index (χ2n) is 6.66. The number of hydrogen-bond acceptors (Lipinski definition) is 8. The van der Waals surface area contributed by atoms with Crippen LogP contribution in [-0.4, -0.2) is 44.7 Å². The summed E-state index contributed by atoms with van der Waals surface area (Å²) in [4.78, 5) is 24.7. The highest BCUT2D eigenvalue weighted by atomic mass is 32.2. The Balaban J connectivity index is 1.57. The van der Waals surface area contributed by atoms with E-state index in [4.69, 9.17) is 4.74 Å². The van der Waals surface area contributed by atoms with Crippen LogP contribution in [0.3, 0.4) is 0 Å². The molecular formula is C19H22N6O3S2. The van der Waals surface area contributed by atoms with Crippen molar-refractivity contribution in [1.82, 2.24) is 20.0 Å². The molecule has 1 aromatic carbocycles. The number of methoxy groups -OCH3 is 1. The van der Waals surface area contributed by atoms with Gasteiger partial charge in [-0.05, 0) is 31.9 Å². The van der Waals surface area contributed by atoms with Gasteiger partial charge in [0, 0.05) is 18.9 Å². The molecule has 2 heterocycles. The van der Waals surface area contributed by atoms with Gasteiger partial charge in [0.2, 0.25) is 16.9 Å². The lowest BCUT2D eigenvalue weighted by molar-refractivity contribution is -0.113. The minimum atomic E-state index is -0.393. The quantitative estimate of drug-likeness (QED) is 0.423. The number of carbonyl (C=O) groups is 2. The first-order chi connectivity index (χ1) is 14.3. The van der Waals surface area contributed by atoms with Crippen molar-refractivity contribution in [2.75, 3.05) is 23.5 Å². The van der Waals surface area contributed by atoms with E-state index in [1.807, 2.05) is 32.9 Å². The number of rotatable bonds is 7. The Morgan fingerprint density at radius 3 is 2.53 bits per heavy atom. The highest BCUT2D eigenvalue weighted by Gasteiger charge is 2.18. The van der Waals surface area contributed by atoms with Crippen molar-refractivity contribution < 1.29 is 14.3 Å². The van der Waals surface area contributed by atoms with Crippen LogP contribution in [0.15, 0.2) is 22.7 Å². The molecule has 2 amide bonds. The minimum Gasteiger partial charge on any atom is -0.479 e. The molecule has 11 heteroatoms. The molecule has 0 atom stereocenters. The largest absolute Gasteiger partial charge is 0.479 e. The molecule has 0 unspecified atom stereocenters. The van der Waals surface area contributed by atoms with Crippen LogP contribution < -0.4 is 15.4 Å². The number of benzene rings is 1. The van der Waals surface area contributed by atoms with Gasteiger partial charge >= 0.3 is 0 Å². The third-order valence-corrected chi connectivity index (χ3v) is 6.10. The fourth-order valence-corrected chi connectivity index (χ4v) is 4.48. The van der Waals surface area contributed by atoms with Gasteiger partial charge in [0.1, 0.15) is 5.56 Å². The Morgan fingerprint density at radius 1 is 1.17 bits per heavy atom. The van der Waals surface area contributed by atoms with Crippen molar-refractivity contribution in [2.45, 2.75) is 25.1 Å². The summed E-state index contributed by atoms with van der Waals surface area (Å²) in [6.07, 6.45) is 1.56. The maximum absolute atomic E-state index is 12.4. The van der Waals surface area contributed by atoms with Gasteiger partial charge in [0.25, 0.3) is 5.91 Å². The average molecular weight is 447 g/mol. The first-order valence-corrected chi connectivity index (χ1v) is 10.8. The zero-order valence-corrected chi connectivity index (χ0v) is 18.9. The van der Waals surface area contributed by atoms with Crippen molar-refractivity contribution in [3.63, 3.8) is 0 Å². The van der Waals surface area contributed by atoms with Crippen molar-refractivity contribution in [3.05, 3.63) is 40.6 Å². The predicted octanol–water partition coefficient (Wildman–Crippen LogP) is 3.19. The summed E-state index contributed by atoms with van der Waals surface area (Å²) >= 11 is 2.45. The Morgan fingerprint density at radius 2 is 1.87 bits per heavy atom. The average Bonchev–Trinajstić information content (AvgIpc) is 3.28. The fraction of sp³-hybridized carbons (Fsp3) is 0.316. The maximum Gasteiger partial charge on any atom is 0.264 e. The van der Waals surface area contributed by atoms with Gasteiger partial charge in [0.05, 0.1) is 12.9 Å². The van der Waals surface area contributed by atoms with E-state index >= 15 is 0 Å². The Hall–Kier alpha value is -2.92. The van der Waals surface area contributed by atoms with Gasteiger partial charge in [-0.1, -0.05) is 40.8 Å². The van der Waals surface area contributed by atoms with Crippen LogP contribution >= 0.6 is 23.1 Å². The predicted molar refractivity (Wildman–Crippen MR) is 118 cm³/mol. The fourth-order valence-electron chi connectivity index (χ4n) is 2.94. The summed E-state index contributed by atoms with van der Waals surface area (Å²) in [5.41, 5.74) is 4.34. The minimum absolute atomic E-state index is 0.129. The van der Waals surface area contributed by atoms with Gasteiger partial charge in [-0.3, -0.25) is 19.6 Å². The molecule has 30 heavy (non-hydrogen) atoms. The van der Waals surface area contributed by atoms with Crippen LogP contribution in [0.5, 0.6) is 5.88 Å². The molecule has 0 spiro atoms. The number of anilines is 2. The van der Waals surface area contributed by atoms with Crippen molar-refractivity contribution in [1.29, 1.82) is 0 Å².